The van der Waals surface area contributed by atoms with E-state index in [4.69, 9.17) is 9.47 Å². The maximum atomic E-state index is 14.1. The summed E-state index contributed by atoms with van der Waals surface area (Å²) in [5.74, 6) is -0.860. The van der Waals surface area contributed by atoms with E-state index in [1.165, 1.54) is 23.5 Å². The van der Waals surface area contributed by atoms with Gasteiger partial charge in [0.1, 0.15) is 17.5 Å². The van der Waals surface area contributed by atoms with Crippen LogP contribution in [0.25, 0.3) is 0 Å². The van der Waals surface area contributed by atoms with Crippen LogP contribution in [-0.2, 0) is 51.4 Å². The number of ether oxygens (including phenoxy) is 2. The zero-order valence-corrected chi connectivity index (χ0v) is 31.4. The monoisotopic (exact) mass is 753 g/mol. The molecule has 1 atom stereocenters. The van der Waals surface area contributed by atoms with Gasteiger partial charge >= 0.3 is 12.1 Å². The highest BCUT2D eigenvalue weighted by Crippen LogP contribution is 2.29. The number of fused-ring (bicyclic) bond motifs is 1. The molecule has 0 saturated carbocycles. The van der Waals surface area contributed by atoms with Crippen LogP contribution in [-0.4, -0.2) is 64.3 Å². The molecule has 0 fully saturated rings. The van der Waals surface area contributed by atoms with Gasteiger partial charge in [-0.3, -0.25) is 34.8 Å². The zero-order chi connectivity index (χ0) is 38.8. The topological polar surface area (TPSA) is 170 Å². The molecule has 54 heavy (non-hydrogen) atoms. The van der Waals surface area contributed by atoms with E-state index >= 15 is 0 Å². The third-order valence-corrected chi connectivity index (χ3v) is 9.58. The van der Waals surface area contributed by atoms with Crippen molar-refractivity contribution >= 4 is 46.7 Å². The van der Waals surface area contributed by atoms with Crippen molar-refractivity contribution in [1.29, 1.82) is 0 Å². The van der Waals surface area contributed by atoms with Gasteiger partial charge in [0.05, 0.1) is 24.5 Å². The van der Waals surface area contributed by atoms with Gasteiger partial charge in [0.2, 0.25) is 5.91 Å². The Morgan fingerprint density at radius 3 is 2.30 bits per heavy atom. The standard InChI is InChI=1S/C40H43N5O8S/c1-5-52-35(46)23-32-22-30-25-44(20-19-34(30)54-32)38(48)33(21-26-11-17-31(18-12-26)45(50)51)42-37(47)29-15-13-28(14-16-29)36(43-39(49)53-40(2,3)4)41-24-27-9-7-6-8-10-27/h6-18,22,33H,5,19-21,23-25H2,1-4H3,(H,42,47)(H,41,43,49)/t33-/m0/s1. The first-order valence-electron chi connectivity index (χ1n) is 17.6. The Bertz CT molecular complexity index is 2000. The second kappa shape index (κ2) is 17.8. The lowest BCUT2D eigenvalue weighted by Crippen LogP contribution is -2.50. The van der Waals surface area contributed by atoms with Crippen molar-refractivity contribution in [2.75, 3.05) is 13.2 Å². The number of amides is 3. The van der Waals surface area contributed by atoms with Crippen LogP contribution in [0.3, 0.4) is 0 Å². The van der Waals surface area contributed by atoms with Crippen molar-refractivity contribution in [1.82, 2.24) is 15.5 Å². The van der Waals surface area contributed by atoms with Gasteiger partial charge in [-0.15, -0.1) is 11.3 Å². The molecule has 5 rings (SSSR count). The fourth-order valence-electron chi connectivity index (χ4n) is 5.81. The van der Waals surface area contributed by atoms with Gasteiger partial charge in [-0.05, 0) is 69.0 Å². The SMILES string of the molecule is CCOC(=O)Cc1cc2c(s1)CCN(C(=O)[C@H](Cc1ccc([N+](=O)[O-])cc1)NC(=O)c1ccc(C(=NCc3ccccc3)NC(=O)OC(C)(C)C)cc1)C2. The smallest absolute Gasteiger partial charge is 0.413 e. The fraction of sp³-hybridized carbons (Fsp3) is 0.325. The highest BCUT2D eigenvalue weighted by Gasteiger charge is 2.30. The molecule has 0 spiro atoms. The molecule has 3 amide bonds. The van der Waals surface area contributed by atoms with Crippen LogP contribution in [0.15, 0.2) is 89.9 Å². The molecule has 3 aromatic carbocycles. The predicted molar refractivity (Wildman–Crippen MR) is 204 cm³/mol. The molecule has 1 aliphatic rings. The van der Waals surface area contributed by atoms with Crippen molar-refractivity contribution in [2.24, 2.45) is 4.99 Å². The molecule has 4 aromatic rings. The first-order chi connectivity index (χ1) is 25.8. The Labute approximate surface area is 317 Å². The molecule has 13 nitrogen and oxygen atoms in total. The lowest BCUT2D eigenvalue weighted by Gasteiger charge is -2.31. The van der Waals surface area contributed by atoms with Crippen LogP contribution in [0.2, 0.25) is 0 Å². The number of nitrogens with zero attached hydrogens (tertiary/aromatic N) is 3. The quantitative estimate of drug-likeness (QED) is 0.0570. The largest absolute Gasteiger partial charge is 0.466 e. The number of non-ortho nitro benzene ring substituents is 1. The number of aliphatic imine (C=N–C) groups is 1. The van der Waals surface area contributed by atoms with Gasteiger partial charge < -0.3 is 19.7 Å². The number of carbonyl (C=O) groups excluding carboxylic acids is 4. The zero-order valence-electron chi connectivity index (χ0n) is 30.6. The summed E-state index contributed by atoms with van der Waals surface area (Å²) in [5, 5.41) is 16.9. The first kappa shape index (κ1) is 39.3. The van der Waals surface area contributed by atoms with E-state index in [2.05, 4.69) is 15.6 Å². The number of nitro benzene ring substituents is 1. The molecular weight excluding hydrogens is 711 g/mol. The van der Waals surface area contributed by atoms with Crippen LogP contribution in [0.5, 0.6) is 0 Å². The lowest BCUT2D eigenvalue weighted by molar-refractivity contribution is -0.384. The molecule has 14 heteroatoms. The lowest BCUT2D eigenvalue weighted by atomic mass is 10.0. The highest BCUT2D eigenvalue weighted by atomic mass is 32.1. The number of alkyl carbamates (subject to hydrolysis) is 1. The number of esters is 1. The van der Waals surface area contributed by atoms with Crippen molar-refractivity contribution in [2.45, 2.75) is 71.7 Å². The number of rotatable bonds is 12. The van der Waals surface area contributed by atoms with Crippen molar-refractivity contribution < 1.29 is 33.6 Å². The molecule has 0 unspecified atom stereocenters. The number of benzene rings is 3. The second-order valence-electron chi connectivity index (χ2n) is 13.7. The molecule has 1 aliphatic heterocycles. The van der Waals surface area contributed by atoms with Gasteiger partial charge in [-0.2, -0.15) is 0 Å². The molecule has 0 bridgehead atoms. The molecule has 2 heterocycles. The highest BCUT2D eigenvalue weighted by molar-refractivity contribution is 7.12. The molecule has 282 valence electrons. The van der Waals surface area contributed by atoms with Gasteiger partial charge in [0, 0.05) is 52.5 Å². The number of hydrogen-bond donors (Lipinski definition) is 2. The van der Waals surface area contributed by atoms with E-state index in [1.54, 1.807) is 69.0 Å². The van der Waals surface area contributed by atoms with E-state index < -0.39 is 28.6 Å². The minimum atomic E-state index is -0.991. The van der Waals surface area contributed by atoms with Crippen molar-refractivity contribution in [3.05, 3.63) is 133 Å². The summed E-state index contributed by atoms with van der Waals surface area (Å²) in [4.78, 5) is 71.7. The average Bonchev–Trinajstić information content (AvgIpc) is 3.54. The molecule has 0 radical (unpaired) electrons. The predicted octanol–water partition coefficient (Wildman–Crippen LogP) is 6.16. The number of nitrogens with one attached hydrogen (secondary N) is 2. The summed E-state index contributed by atoms with van der Waals surface area (Å²) < 4.78 is 10.5. The Morgan fingerprint density at radius 2 is 1.65 bits per heavy atom. The van der Waals surface area contributed by atoms with E-state index in [1.807, 2.05) is 36.4 Å². The summed E-state index contributed by atoms with van der Waals surface area (Å²) in [6.07, 6.45) is 0.178. The first-order valence-corrected chi connectivity index (χ1v) is 18.4. The summed E-state index contributed by atoms with van der Waals surface area (Å²) in [5.41, 5.74) is 2.50. The Kier molecular flexibility index (Phi) is 12.9. The normalized spacial score (nSPS) is 13.3. The number of carbonyl (C=O) groups is 4. The van der Waals surface area contributed by atoms with Gasteiger partial charge in [0.15, 0.2) is 0 Å². The minimum Gasteiger partial charge on any atom is -0.466 e. The minimum absolute atomic E-state index is 0.0850. The van der Waals surface area contributed by atoms with Crippen LogP contribution >= 0.6 is 11.3 Å². The van der Waals surface area contributed by atoms with E-state index in [0.717, 1.165) is 20.9 Å². The molecule has 2 N–H and O–H groups in total. The van der Waals surface area contributed by atoms with E-state index in [9.17, 15) is 29.3 Å². The number of amidine groups is 1. The molecule has 1 aromatic heterocycles. The maximum Gasteiger partial charge on any atom is 0.413 e. The van der Waals surface area contributed by atoms with Crippen molar-refractivity contribution in [3.63, 3.8) is 0 Å². The summed E-state index contributed by atoms with van der Waals surface area (Å²) >= 11 is 1.53. The van der Waals surface area contributed by atoms with Crippen molar-refractivity contribution in [3.8, 4) is 0 Å². The van der Waals surface area contributed by atoms with Crippen LogP contribution < -0.4 is 10.6 Å². The maximum absolute atomic E-state index is 14.1. The number of nitro groups is 1. The number of hydrogen-bond acceptors (Lipinski definition) is 10. The van der Waals surface area contributed by atoms with Gasteiger partial charge in [0.25, 0.3) is 11.6 Å². The van der Waals surface area contributed by atoms with Gasteiger partial charge in [-0.25, -0.2) is 4.79 Å². The number of thiophene rings is 1. The fourth-order valence-corrected chi connectivity index (χ4v) is 6.97. The van der Waals surface area contributed by atoms with Crippen LogP contribution in [0.4, 0.5) is 10.5 Å². The third-order valence-electron chi connectivity index (χ3n) is 8.35. The van der Waals surface area contributed by atoms with Crippen LogP contribution in [0, 0.1) is 10.1 Å². The average molecular weight is 754 g/mol. The second-order valence-corrected chi connectivity index (χ2v) is 14.9. The molecule has 0 aliphatic carbocycles. The summed E-state index contributed by atoms with van der Waals surface area (Å²) in [6, 6.07) is 22.8. The third kappa shape index (κ3) is 11.1. The molecular formula is C40H43N5O8S. The van der Waals surface area contributed by atoms with Crippen LogP contribution in [0.1, 0.15) is 70.1 Å². The van der Waals surface area contributed by atoms with E-state index in [0.29, 0.717) is 37.2 Å². The molecule has 0 saturated heterocycles. The van der Waals surface area contributed by atoms with E-state index in [-0.39, 0.29) is 48.3 Å². The Balaban J connectivity index is 1.35. The Morgan fingerprint density at radius 1 is 0.963 bits per heavy atom. The Hall–Kier alpha value is -5.89. The van der Waals surface area contributed by atoms with Gasteiger partial charge in [-0.1, -0.05) is 54.6 Å². The summed E-state index contributed by atoms with van der Waals surface area (Å²) in [6.45, 7) is 8.35. The summed E-state index contributed by atoms with van der Waals surface area (Å²) in [7, 11) is 0.